The normalized spacial score (nSPS) is 13.2. The molecule has 0 amide bonds. The molecule has 0 saturated heterocycles. The van der Waals surface area contributed by atoms with Gasteiger partial charge in [-0.3, -0.25) is 0 Å². The Kier molecular flexibility index (Phi) is 4.91. The predicted molar refractivity (Wildman–Crippen MR) is 105 cm³/mol. The van der Waals surface area contributed by atoms with Crippen LogP contribution in [0.2, 0.25) is 0 Å². The number of nitriles is 1. The van der Waals surface area contributed by atoms with Crippen LogP contribution in [0.15, 0.2) is 36.7 Å². The van der Waals surface area contributed by atoms with Crippen molar-refractivity contribution < 1.29 is 4.74 Å². The Hall–Kier alpha value is -3.44. The summed E-state index contributed by atoms with van der Waals surface area (Å²) < 4.78 is 7.85. The first-order chi connectivity index (χ1) is 13.7. The summed E-state index contributed by atoms with van der Waals surface area (Å²) in [5, 5.41) is 16.9. The molecule has 1 aliphatic rings. The molecule has 142 valence electrons. The van der Waals surface area contributed by atoms with Crippen LogP contribution in [-0.4, -0.2) is 32.8 Å². The standard InChI is InChI=1S/C20H21N7O/c1-27-19(9-17(26-27)14-3-4-14)28-18-8-13(10-22)2-5-16(18)20-24-11-15(12-25-20)23-7-6-21/h2,5,8-9,11-12,14,23H,3-4,6-7,21H2,1H3. The van der Waals surface area contributed by atoms with E-state index in [0.717, 1.165) is 11.4 Å². The molecule has 8 nitrogen and oxygen atoms in total. The third-order valence-electron chi connectivity index (χ3n) is 4.54. The number of benzene rings is 1. The fraction of sp³-hybridized carbons (Fsp3) is 0.300. The molecule has 1 fully saturated rings. The van der Waals surface area contributed by atoms with Crippen molar-refractivity contribution in [2.45, 2.75) is 18.8 Å². The van der Waals surface area contributed by atoms with Crippen molar-refractivity contribution in [2.75, 3.05) is 18.4 Å². The van der Waals surface area contributed by atoms with Gasteiger partial charge in [0.2, 0.25) is 5.88 Å². The maximum Gasteiger partial charge on any atom is 0.217 e. The minimum absolute atomic E-state index is 0.504. The van der Waals surface area contributed by atoms with Crippen LogP contribution in [0.3, 0.4) is 0 Å². The van der Waals surface area contributed by atoms with Gasteiger partial charge in [-0.2, -0.15) is 10.4 Å². The van der Waals surface area contributed by atoms with E-state index < -0.39 is 0 Å². The molecule has 0 spiro atoms. The van der Waals surface area contributed by atoms with Gasteiger partial charge < -0.3 is 15.8 Å². The van der Waals surface area contributed by atoms with Crippen molar-refractivity contribution in [3.63, 3.8) is 0 Å². The SMILES string of the molecule is Cn1nc(C2CC2)cc1Oc1cc(C#N)ccc1-c1ncc(NCCN)cn1. The molecule has 1 saturated carbocycles. The highest BCUT2D eigenvalue weighted by Gasteiger charge is 2.27. The monoisotopic (exact) mass is 375 g/mol. The van der Waals surface area contributed by atoms with Crippen LogP contribution >= 0.6 is 0 Å². The molecule has 1 aromatic carbocycles. The van der Waals surface area contributed by atoms with Crippen LogP contribution < -0.4 is 15.8 Å². The number of aromatic nitrogens is 4. The summed E-state index contributed by atoms with van der Waals surface area (Å²) in [6.45, 7) is 1.18. The fourth-order valence-electron chi connectivity index (χ4n) is 2.89. The van der Waals surface area contributed by atoms with E-state index in [4.69, 9.17) is 10.5 Å². The lowest BCUT2D eigenvalue weighted by Gasteiger charge is -2.11. The van der Waals surface area contributed by atoms with Gasteiger partial charge in [0.25, 0.3) is 0 Å². The summed E-state index contributed by atoms with van der Waals surface area (Å²) in [5.41, 5.74) is 8.55. The highest BCUT2D eigenvalue weighted by molar-refractivity contribution is 5.67. The van der Waals surface area contributed by atoms with Crippen LogP contribution in [-0.2, 0) is 7.05 Å². The Labute approximate surface area is 163 Å². The molecule has 0 radical (unpaired) electrons. The average Bonchev–Trinajstić information content (AvgIpc) is 3.51. The zero-order chi connectivity index (χ0) is 19.5. The van der Waals surface area contributed by atoms with E-state index in [1.165, 1.54) is 12.8 Å². The highest BCUT2D eigenvalue weighted by atomic mass is 16.5. The zero-order valence-corrected chi connectivity index (χ0v) is 15.6. The van der Waals surface area contributed by atoms with Crippen LogP contribution in [0.4, 0.5) is 5.69 Å². The summed E-state index contributed by atoms with van der Waals surface area (Å²) in [7, 11) is 1.85. The number of rotatable bonds is 7. The lowest BCUT2D eigenvalue weighted by Crippen LogP contribution is -2.13. The van der Waals surface area contributed by atoms with E-state index in [2.05, 4.69) is 26.5 Å². The van der Waals surface area contributed by atoms with E-state index in [1.54, 1.807) is 35.3 Å². The van der Waals surface area contributed by atoms with Gasteiger partial charge in [0.15, 0.2) is 5.82 Å². The van der Waals surface area contributed by atoms with Gasteiger partial charge in [-0.05, 0) is 31.0 Å². The summed E-state index contributed by atoms with van der Waals surface area (Å²) in [6.07, 6.45) is 5.75. The molecule has 8 heteroatoms. The first kappa shape index (κ1) is 17.9. The molecule has 2 aromatic heterocycles. The van der Waals surface area contributed by atoms with Crippen molar-refractivity contribution in [3.05, 3.63) is 47.9 Å². The molecule has 4 rings (SSSR count). The van der Waals surface area contributed by atoms with Crippen LogP contribution in [0, 0.1) is 11.3 Å². The number of ether oxygens (including phenoxy) is 1. The molecule has 28 heavy (non-hydrogen) atoms. The van der Waals surface area contributed by atoms with E-state index in [0.29, 0.717) is 47.6 Å². The van der Waals surface area contributed by atoms with Gasteiger partial charge >= 0.3 is 0 Å². The third kappa shape index (κ3) is 3.80. The molecule has 0 bridgehead atoms. The van der Waals surface area contributed by atoms with Crippen LogP contribution in [0.25, 0.3) is 11.4 Å². The summed E-state index contributed by atoms with van der Waals surface area (Å²) >= 11 is 0. The molecule has 1 aliphatic carbocycles. The van der Waals surface area contributed by atoms with E-state index in [-0.39, 0.29) is 0 Å². The number of nitrogens with zero attached hydrogens (tertiary/aromatic N) is 5. The average molecular weight is 375 g/mol. The van der Waals surface area contributed by atoms with Gasteiger partial charge in [-0.15, -0.1) is 0 Å². The first-order valence-corrected chi connectivity index (χ1v) is 9.20. The largest absolute Gasteiger partial charge is 0.438 e. The molecule has 3 aromatic rings. The van der Waals surface area contributed by atoms with Gasteiger partial charge in [0.05, 0.1) is 41.0 Å². The van der Waals surface area contributed by atoms with Crippen LogP contribution in [0.1, 0.15) is 30.0 Å². The lowest BCUT2D eigenvalue weighted by atomic mass is 10.1. The molecule has 0 aliphatic heterocycles. The number of hydrogen-bond acceptors (Lipinski definition) is 7. The van der Waals surface area contributed by atoms with Gasteiger partial charge in [-0.25, -0.2) is 14.6 Å². The van der Waals surface area contributed by atoms with Gasteiger partial charge in [0.1, 0.15) is 5.75 Å². The van der Waals surface area contributed by atoms with E-state index >= 15 is 0 Å². The molecule has 0 unspecified atom stereocenters. The number of hydrogen-bond donors (Lipinski definition) is 2. The van der Waals surface area contributed by atoms with Crippen molar-refractivity contribution in [1.29, 1.82) is 5.26 Å². The number of anilines is 1. The maximum absolute atomic E-state index is 9.28. The Bertz CT molecular complexity index is 1020. The molecule has 0 atom stereocenters. The Morgan fingerprint density at radius 2 is 2.07 bits per heavy atom. The number of aryl methyl sites for hydroxylation is 1. The Balaban J connectivity index is 1.65. The quantitative estimate of drug-likeness (QED) is 0.652. The molecular formula is C20H21N7O. The Morgan fingerprint density at radius 1 is 1.29 bits per heavy atom. The summed E-state index contributed by atoms with van der Waals surface area (Å²) in [5.74, 6) is 2.19. The van der Waals surface area contributed by atoms with Crippen molar-refractivity contribution in [2.24, 2.45) is 12.8 Å². The number of nitrogens with one attached hydrogen (secondary N) is 1. The van der Waals surface area contributed by atoms with E-state index in [1.807, 2.05) is 13.1 Å². The van der Waals surface area contributed by atoms with Crippen molar-refractivity contribution in [1.82, 2.24) is 19.7 Å². The summed E-state index contributed by atoms with van der Waals surface area (Å²) in [4.78, 5) is 8.85. The van der Waals surface area contributed by atoms with Crippen molar-refractivity contribution >= 4 is 5.69 Å². The van der Waals surface area contributed by atoms with E-state index in [9.17, 15) is 5.26 Å². The van der Waals surface area contributed by atoms with Crippen molar-refractivity contribution in [3.8, 4) is 29.1 Å². The third-order valence-corrected chi connectivity index (χ3v) is 4.54. The second-order valence-corrected chi connectivity index (χ2v) is 6.74. The second kappa shape index (κ2) is 7.66. The predicted octanol–water partition coefficient (Wildman–Crippen LogP) is 2.79. The zero-order valence-electron chi connectivity index (χ0n) is 15.6. The number of nitrogens with two attached hydrogens (primary N) is 1. The molecule has 2 heterocycles. The summed E-state index contributed by atoms with van der Waals surface area (Å²) in [6, 6.07) is 9.33. The van der Waals surface area contributed by atoms with Gasteiger partial charge in [-0.1, -0.05) is 0 Å². The lowest BCUT2D eigenvalue weighted by molar-refractivity contribution is 0.431. The smallest absolute Gasteiger partial charge is 0.217 e. The molecular weight excluding hydrogens is 354 g/mol. The molecule has 3 N–H and O–H groups in total. The topological polar surface area (TPSA) is 115 Å². The Morgan fingerprint density at radius 3 is 2.75 bits per heavy atom. The first-order valence-electron chi connectivity index (χ1n) is 9.20. The fourth-order valence-corrected chi connectivity index (χ4v) is 2.89. The highest BCUT2D eigenvalue weighted by Crippen LogP contribution is 2.41. The minimum Gasteiger partial charge on any atom is -0.438 e. The van der Waals surface area contributed by atoms with Crippen LogP contribution in [0.5, 0.6) is 11.6 Å². The van der Waals surface area contributed by atoms with Gasteiger partial charge in [0, 0.05) is 32.1 Å². The minimum atomic E-state index is 0.504. The maximum atomic E-state index is 9.28. The second-order valence-electron chi connectivity index (χ2n) is 6.74.